The first-order chi connectivity index (χ1) is 7.33. The van der Waals surface area contributed by atoms with Crippen molar-refractivity contribution in [3.05, 3.63) is 17.5 Å². The van der Waals surface area contributed by atoms with Crippen LogP contribution in [0.4, 0.5) is 5.95 Å². The Morgan fingerprint density at radius 1 is 1.40 bits per heavy atom. The lowest BCUT2D eigenvalue weighted by Crippen LogP contribution is -2.27. The average Bonchev–Trinajstić information content (AvgIpc) is 2.84. The van der Waals surface area contributed by atoms with E-state index in [1.807, 2.05) is 6.20 Å². The maximum Gasteiger partial charge on any atom is 0.225 e. The molecule has 1 aromatic rings. The second kappa shape index (κ2) is 3.45. The highest BCUT2D eigenvalue weighted by Crippen LogP contribution is 2.22. The van der Waals surface area contributed by atoms with Crippen LogP contribution in [0.25, 0.3) is 0 Å². The molecule has 0 spiro atoms. The van der Waals surface area contributed by atoms with Gasteiger partial charge in [-0.3, -0.25) is 0 Å². The quantitative estimate of drug-likeness (QED) is 0.724. The number of fused-ring (bicyclic) bond motifs is 1. The van der Waals surface area contributed by atoms with Gasteiger partial charge in [0.2, 0.25) is 5.95 Å². The molecule has 2 aliphatic rings. The summed E-state index contributed by atoms with van der Waals surface area (Å²) in [4.78, 5) is 11.3. The van der Waals surface area contributed by atoms with E-state index in [-0.39, 0.29) is 0 Å². The molecule has 0 amide bonds. The Hall–Kier alpha value is -1.16. The van der Waals surface area contributed by atoms with Gasteiger partial charge in [-0.2, -0.15) is 0 Å². The summed E-state index contributed by atoms with van der Waals surface area (Å²) in [6, 6.07) is 0.293. The lowest BCUT2D eigenvalue weighted by molar-refractivity contribution is 0.749. The summed E-state index contributed by atoms with van der Waals surface area (Å²) in [6.07, 6.45) is 6.54. The molecule has 80 valence electrons. The van der Waals surface area contributed by atoms with Crippen molar-refractivity contribution < 1.29 is 0 Å². The molecule has 2 heterocycles. The lowest BCUT2D eigenvalue weighted by atomic mass is 10.3. The molecule has 1 atom stereocenters. The van der Waals surface area contributed by atoms with Crippen molar-refractivity contribution in [3.8, 4) is 0 Å². The molecular weight excluding hydrogens is 188 g/mol. The Morgan fingerprint density at radius 3 is 3.13 bits per heavy atom. The van der Waals surface area contributed by atoms with E-state index in [0.29, 0.717) is 6.04 Å². The van der Waals surface area contributed by atoms with Crippen molar-refractivity contribution in [1.29, 1.82) is 0 Å². The molecule has 1 unspecified atom stereocenters. The molecule has 4 heteroatoms. The van der Waals surface area contributed by atoms with Gasteiger partial charge in [0.1, 0.15) is 0 Å². The monoisotopic (exact) mass is 204 g/mol. The van der Waals surface area contributed by atoms with Gasteiger partial charge in [0.15, 0.2) is 0 Å². The van der Waals surface area contributed by atoms with Gasteiger partial charge in [-0.05, 0) is 31.2 Å². The number of hydrogen-bond donors (Lipinski definition) is 1. The normalized spacial score (nSPS) is 24.6. The van der Waals surface area contributed by atoms with Gasteiger partial charge in [-0.1, -0.05) is 0 Å². The minimum atomic E-state index is 0.293. The molecule has 15 heavy (non-hydrogen) atoms. The van der Waals surface area contributed by atoms with Crippen LogP contribution in [0.15, 0.2) is 6.20 Å². The second-order valence-electron chi connectivity index (χ2n) is 4.49. The fourth-order valence-electron chi connectivity index (χ4n) is 2.42. The first-order valence-electron chi connectivity index (χ1n) is 5.68. The predicted octanol–water partition coefficient (Wildman–Crippen LogP) is 0.503. The second-order valence-corrected chi connectivity index (χ2v) is 4.49. The third-order valence-corrected chi connectivity index (χ3v) is 3.31. The Kier molecular flexibility index (Phi) is 2.09. The fraction of sp³-hybridized carbons (Fsp3) is 0.636. The summed E-state index contributed by atoms with van der Waals surface area (Å²) >= 11 is 0. The highest BCUT2D eigenvalue weighted by Gasteiger charge is 2.22. The van der Waals surface area contributed by atoms with Gasteiger partial charge < -0.3 is 10.6 Å². The molecule has 2 N–H and O–H groups in total. The van der Waals surface area contributed by atoms with E-state index in [2.05, 4.69) is 14.9 Å². The number of nitrogens with two attached hydrogens (primary N) is 1. The first-order valence-corrected chi connectivity index (χ1v) is 5.68. The summed E-state index contributed by atoms with van der Waals surface area (Å²) in [5.74, 6) is 0.878. The molecule has 1 aromatic heterocycles. The molecule has 0 radical (unpaired) electrons. The van der Waals surface area contributed by atoms with Crippen LogP contribution in [0.1, 0.15) is 24.1 Å². The Morgan fingerprint density at radius 2 is 2.33 bits per heavy atom. The van der Waals surface area contributed by atoms with E-state index in [0.717, 1.165) is 38.3 Å². The van der Waals surface area contributed by atoms with Gasteiger partial charge >= 0.3 is 0 Å². The zero-order valence-corrected chi connectivity index (χ0v) is 8.82. The van der Waals surface area contributed by atoms with E-state index < -0.39 is 0 Å². The van der Waals surface area contributed by atoms with Crippen LogP contribution in [0.2, 0.25) is 0 Å². The van der Waals surface area contributed by atoms with Crippen molar-refractivity contribution in [1.82, 2.24) is 9.97 Å². The lowest BCUT2D eigenvalue weighted by Gasteiger charge is -2.15. The van der Waals surface area contributed by atoms with E-state index in [9.17, 15) is 0 Å². The number of aromatic nitrogens is 2. The first kappa shape index (κ1) is 9.09. The van der Waals surface area contributed by atoms with Crippen LogP contribution >= 0.6 is 0 Å². The Bertz CT molecular complexity index is 377. The predicted molar refractivity (Wildman–Crippen MR) is 58.9 cm³/mol. The summed E-state index contributed by atoms with van der Waals surface area (Å²) in [6.45, 7) is 1.90. The van der Waals surface area contributed by atoms with Gasteiger partial charge in [0.25, 0.3) is 0 Å². The largest absolute Gasteiger partial charge is 0.339 e. The van der Waals surface area contributed by atoms with Crippen molar-refractivity contribution in [2.75, 3.05) is 18.0 Å². The van der Waals surface area contributed by atoms with Crippen LogP contribution in [0, 0.1) is 0 Å². The summed E-state index contributed by atoms with van der Waals surface area (Å²) < 4.78 is 0. The van der Waals surface area contributed by atoms with E-state index in [4.69, 9.17) is 5.73 Å². The van der Waals surface area contributed by atoms with Crippen molar-refractivity contribution in [2.24, 2.45) is 5.73 Å². The molecule has 0 bridgehead atoms. The number of hydrogen-bond acceptors (Lipinski definition) is 4. The third-order valence-electron chi connectivity index (χ3n) is 3.31. The topological polar surface area (TPSA) is 55.0 Å². The Labute approximate surface area is 89.5 Å². The number of anilines is 1. The van der Waals surface area contributed by atoms with Gasteiger partial charge in [-0.25, -0.2) is 9.97 Å². The minimum absolute atomic E-state index is 0.293. The van der Waals surface area contributed by atoms with Crippen LogP contribution in [-0.2, 0) is 12.8 Å². The van der Waals surface area contributed by atoms with Gasteiger partial charge in [0.05, 0.1) is 0 Å². The summed E-state index contributed by atoms with van der Waals surface area (Å²) in [7, 11) is 0. The molecule has 0 aromatic carbocycles. The minimum Gasteiger partial charge on any atom is -0.339 e. The summed E-state index contributed by atoms with van der Waals surface area (Å²) in [5.41, 5.74) is 8.46. The highest BCUT2D eigenvalue weighted by atomic mass is 15.3. The summed E-state index contributed by atoms with van der Waals surface area (Å²) in [5, 5.41) is 0. The smallest absolute Gasteiger partial charge is 0.225 e. The maximum atomic E-state index is 5.88. The standard InChI is InChI=1S/C11H16N4/c12-9-4-5-15(7-9)11-13-6-8-2-1-3-10(8)14-11/h6,9H,1-5,7,12H2. The Balaban J connectivity index is 1.87. The van der Waals surface area contributed by atoms with Gasteiger partial charge in [-0.15, -0.1) is 0 Å². The van der Waals surface area contributed by atoms with Crippen LogP contribution in [0.3, 0.4) is 0 Å². The number of nitrogens with zero attached hydrogens (tertiary/aromatic N) is 3. The van der Waals surface area contributed by atoms with Crippen molar-refractivity contribution in [2.45, 2.75) is 31.7 Å². The molecule has 1 aliphatic carbocycles. The SMILES string of the molecule is NC1CCN(c2ncc3c(n2)CCC3)C1. The zero-order chi connectivity index (χ0) is 10.3. The van der Waals surface area contributed by atoms with E-state index in [1.165, 1.54) is 17.7 Å². The molecule has 0 saturated carbocycles. The van der Waals surface area contributed by atoms with E-state index in [1.54, 1.807) is 0 Å². The average molecular weight is 204 g/mol. The molecule has 3 rings (SSSR count). The molecule has 1 saturated heterocycles. The molecule has 1 aliphatic heterocycles. The van der Waals surface area contributed by atoms with Crippen LogP contribution < -0.4 is 10.6 Å². The van der Waals surface area contributed by atoms with Gasteiger partial charge in [0, 0.05) is 31.0 Å². The van der Waals surface area contributed by atoms with Crippen molar-refractivity contribution in [3.63, 3.8) is 0 Å². The third kappa shape index (κ3) is 1.59. The number of aryl methyl sites for hydroxylation is 2. The van der Waals surface area contributed by atoms with Crippen molar-refractivity contribution >= 4 is 5.95 Å². The molecule has 1 fully saturated rings. The molecule has 4 nitrogen and oxygen atoms in total. The molecular formula is C11H16N4. The highest BCUT2D eigenvalue weighted by molar-refractivity contribution is 5.36. The van der Waals surface area contributed by atoms with Crippen LogP contribution in [0.5, 0.6) is 0 Å². The van der Waals surface area contributed by atoms with E-state index >= 15 is 0 Å². The fourth-order valence-corrected chi connectivity index (χ4v) is 2.42. The van der Waals surface area contributed by atoms with Crippen LogP contribution in [-0.4, -0.2) is 29.1 Å². The number of rotatable bonds is 1. The maximum absolute atomic E-state index is 5.88. The zero-order valence-electron chi connectivity index (χ0n) is 8.82.